The molecule has 0 rings (SSSR count). The van der Waals surface area contributed by atoms with E-state index in [2.05, 4.69) is 63.6 Å². The molecule has 30 heavy (non-hydrogen) atoms. The highest BCUT2D eigenvalue weighted by atomic mass is 14.0. The van der Waals surface area contributed by atoms with Crippen molar-refractivity contribution in [3.8, 4) is 0 Å². The molecule has 0 aromatic carbocycles. The summed E-state index contributed by atoms with van der Waals surface area (Å²) in [5.41, 5.74) is 0. The number of allylic oxidation sites excluding steroid dienone is 6. The van der Waals surface area contributed by atoms with Gasteiger partial charge in [-0.25, -0.2) is 0 Å². The van der Waals surface area contributed by atoms with Crippen molar-refractivity contribution in [1.82, 2.24) is 0 Å². The highest BCUT2D eigenvalue weighted by Crippen LogP contribution is 2.14. The normalized spacial score (nSPS) is 13.3. The first-order valence-electron chi connectivity index (χ1n) is 13.6. The maximum atomic E-state index is 2.52. The van der Waals surface area contributed by atoms with Gasteiger partial charge in [-0.2, -0.15) is 0 Å². The lowest BCUT2D eigenvalue weighted by Crippen LogP contribution is -1.90. The molecule has 0 saturated heterocycles. The molecule has 0 aromatic rings. The third-order valence-electron chi connectivity index (χ3n) is 5.96. The third kappa shape index (κ3) is 25.3. The Morgan fingerprint density at radius 2 is 1.00 bits per heavy atom. The second-order valence-corrected chi connectivity index (χ2v) is 9.21. The predicted molar refractivity (Wildman–Crippen MR) is 140 cm³/mol. The van der Waals surface area contributed by atoms with Gasteiger partial charge in [-0.3, -0.25) is 0 Å². The van der Waals surface area contributed by atoms with Crippen molar-refractivity contribution in [2.75, 3.05) is 0 Å². The minimum Gasteiger partial charge on any atom is -0.0845 e. The lowest BCUT2D eigenvalue weighted by atomic mass is 10.0. The van der Waals surface area contributed by atoms with Crippen LogP contribution >= 0.6 is 0 Å². The molecular weight excluding hydrogens is 360 g/mol. The minimum atomic E-state index is 0.705. The van der Waals surface area contributed by atoms with Crippen molar-refractivity contribution in [2.45, 2.75) is 143 Å². The number of unbranched alkanes of at least 4 members (excludes halogenated alkanes) is 17. The lowest BCUT2D eigenvalue weighted by Gasteiger charge is -2.05. The van der Waals surface area contributed by atoms with Gasteiger partial charge in [0.15, 0.2) is 0 Å². The van der Waals surface area contributed by atoms with Crippen molar-refractivity contribution in [3.05, 3.63) is 42.9 Å². The fourth-order valence-electron chi connectivity index (χ4n) is 3.84. The molecule has 0 fully saturated rings. The van der Waals surface area contributed by atoms with Crippen LogP contribution in [0.3, 0.4) is 0 Å². The van der Waals surface area contributed by atoms with Crippen LogP contribution in [0.25, 0.3) is 0 Å². The standard InChI is InChI=1S/C30H55/c1-4-6-8-10-12-14-16-17-19-21-23-25-27-29-30(3)28-26-24-22-20-18-15-13-11-9-7-5-2/h15,19,21,23,25,27,29-30H,4-14,16-18,20,22,24,26,28H2,1-3H3. The van der Waals surface area contributed by atoms with Crippen molar-refractivity contribution >= 4 is 0 Å². The van der Waals surface area contributed by atoms with Crippen LogP contribution in [0.4, 0.5) is 0 Å². The number of hydrogen-bond acceptors (Lipinski definition) is 0. The molecular formula is C30H55. The summed E-state index contributed by atoms with van der Waals surface area (Å²) in [6.07, 6.45) is 42.2. The largest absolute Gasteiger partial charge is 0.0845 e. The summed E-state index contributed by atoms with van der Waals surface area (Å²) in [6, 6.07) is 0. The first kappa shape index (κ1) is 29.2. The van der Waals surface area contributed by atoms with Gasteiger partial charge in [0.25, 0.3) is 0 Å². The van der Waals surface area contributed by atoms with Crippen molar-refractivity contribution in [2.24, 2.45) is 5.92 Å². The molecule has 0 nitrogen and oxygen atoms in total. The van der Waals surface area contributed by atoms with Crippen LogP contribution in [0.15, 0.2) is 36.5 Å². The zero-order valence-corrected chi connectivity index (χ0v) is 21.1. The van der Waals surface area contributed by atoms with Gasteiger partial charge in [-0.05, 0) is 31.6 Å². The van der Waals surface area contributed by atoms with Gasteiger partial charge in [-0.1, -0.05) is 160 Å². The average molecular weight is 416 g/mol. The average Bonchev–Trinajstić information content (AvgIpc) is 2.75. The second kappa shape index (κ2) is 26.3. The Morgan fingerprint density at radius 1 is 0.500 bits per heavy atom. The topological polar surface area (TPSA) is 0 Å². The smallest absolute Gasteiger partial charge is 0.0259 e. The van der Waals surface area contributed by atoms with Gasteiger partial charge >= 0.3 is 0 Å². The van der Waals surface area contributed by atoms with E-state index in [0.717, 1.165) is 0 Å². The Balaban J connectivity index is 3.40. The fourth-order valence-corrected chi connectivity index (χ4v) is 3.84. The SMILES string of the molecule is CCCCCC[CH]CCCCCCC(C)C=CC=CC=CCCCCCCCCC. The van der Waals surface area contributed by atoms with Crippen LogP contribution in [0.1, 0.15) is 143 Å². The van der Waals surface area contributed by atoms with E-state index >= 15 is 0 Å². The van der Waals surface area contributed by atoms with E-state index in [-0.39, 0.29) is 0 Å². The van der Waals surface area contributed by atoms with E-state index < -0.39 is 0 Å². The zero-order valence-electron chi connectivity index (χ0n) is 21.1. The number of rotatable bonds is 23. The van der Waals surface area contributed by atoms with E-state index in [4.69, 9.17) is 0 Å². The van der Waals surface area contributed by atoms with E-state index in [1.807, 2.05) is 0 Å². The summed E-state index contributed by atoms with van der Waals surface area (Å²) < 4.78 is 0. The van der Waals surface area contributed by atoms with E-state index in [1.54, 1.807) is 0 Å². The Labute approximate surface area is 191 Å². The summed E-state index contributed by atoms with van der Waals surface area (Å²) >= 11 is 0. The molecule has 0 heterocycles. The molecule has 1 radical (unpaired) electrons. The molecule has 0 aromatic heterocycles. The van der Waals surface area contributed by atoms with Gasteiger partial charge in [0.05, 0.1) is 0 Å². The molecule has 0 N–H and O–H groups in total. The Hall–Kier alpha value is -0.780. The highest BCUT2D eigenvalue weighted by Gasteiger charge is 1.97. The quantitative estimate of drug-likeness (QED) is 0.115. The molecule has 1 atom stereocenters. The van der Waals surface area contributed by atoms with Crippen LogP contribution in [-0.2, 0) is 0 Å². The molecule has 0 saturated carbocycles. The third-order valence-corrected chi connectivity index (χ3v) is 5.96. The summed E-state index contributed by atoms with van der Waals surface area (Å²) in [5.74, 6) is 0.705. The molecule has 0 amide bonds. The summed E-state index contributed by atoms with van der Waals surface area (Å²) in [6.45, 7) is 6.92. The molecule has 0 heteroatoms. The Kier molecular flexibility index (Phi) is 25.6. The monoisotopic (exact) mass is 415 g/mol. The van der Waals surface area contributed by atoms with E-state index in [0.29, 0.717) is 5.92 Å². The van der Waals surface area contributed by atoms with E-state index in [1.165, 1.54) is 122 Å². The molecule has 1 unspecified atom stereocenters. The lowest BCUT2D eigenvalue weighted by molar-refractivity contribution is 0.548. The Bertz CT molecular complexity index is 387. The summed E-state index contributed by atoms with van der Waals surface area (Å²) in [5, 5.41) is 0. The first-order chi connectivity index (χ1) is 14.8. The maximum absolute atomic E-state index is 2.52. The molecule has 0 aliphatic carbocycles. The second-order valence-electron chi connectivity index (χ2n) is 9.21. The van der Waals surface area contributed by atoms with Crippen molar-refractivity contribution < 1.29 is 0 Å². The fraction of sp³-hybridized carbons (Fsp3) is 0.767. The minimum absolute atomic E-state index is 0.705. The number of hydrogen-bond donors (Lipinski definition) is 0. The molecule has 0 bridgehead atoms. The van der Waals surface area contributed by atoms with Crippen LogP contribution in [0.5, 0.6) is 0 Å². The summed E-state index contributed by atoms with van der Waals surface area (Å²) in [7, 11) is 0. The predicted octanol–water partition coefficient (Wildman–Crippen LogP) is 10.9. The zero-order chi connectivity index (χ0) is 22.0. The Morgan fingerprint density at radius 3 is 1.67 bits per heavy atom. The summed E-state index contributed by atoms with van der Waals surface area (Å²) in [4.78, 5) is 0. The van der Waals surface area contributed by atoms with Gasteiger partial charge in [-0.15, -0.1) is 0 Å². The van der Waals surface area contributed by atoms with Gasteiger partial charge in [0, 0.05) is 0 Å². The van der Waals surface area contributed by atoms with Gasteiger partial charge in [0.2, 0.25) is 0 Å². The van der Waals surface area contributed by atoms with E-state index in [9.17, 15) is 0 Å². The highest BCUT2D eigenvalue weighted by molar-refractivity contribution is 5.11. The molecule has 0 spiro atoms. The van der Waals surface area contributed by atoms with Crippen LogP contribution in [0.2, 0.25) is 0 Å². The van der Waals surface area contributed by atoms with Crippen LogP contribution in [-0.4, -0.2) is 0 Å². The van der Waals surface area contributed by atoms with Gasteiger partial charge < -0.3 is 0 Å². The molecule has 0 aliphatic heterocycles. The van der Waals surface area contributed by atoms with Crippen molar-refractivity contribution in [3.63, 3.8) is 0 Å². The first-order valence-corrected chi connectivity index (χ1v) is 13.6. The molecule has 0 aliphatic rings. The maximum Gasteiger partial charge on any atom is -0.0259 e. The van der Waals surface area contributed by atoms with Gasteiger partial charge in [0.1, 0.15) is 0 Å². The van der Waals surface area contributed by atoms with Crippen LogP contribution < -0.4 is 0 Å². The molecule has 175 valence electrons. The van der Waals surface area contributed by atoms with Crippen molar-refractivity contribution in [1.29, 1.82) is 0 Å². The van der Waals surface area contributed by atoms with Crippen LogP contribution in [0, 0.1) is 12.3 Å².